The number of carbonyl (C=O) groups excluding carboxylic acids is 1. The van der Waals surface area contributed by atoms with Crippen LogP contribution < -0.4 is 10.6 Å². The molecular formula is C16H28N2O3S. The third kappa shape index (κ3) is 4.16. The Kier molecular flexibility index (Phi) is 6.02. The Balaban J connectivity index is 1.39. The smallest absolute Gasteiger partial charge is 0.230 e. The van der Waals surface area contributed by atoms with Gasteiger partial charge in [0.2, 0.25) is 5.91 Å². The number of ether oxygens (including phenoxy) is 2. The molecule has 0 aromatic heterocycles. The first-order valence-corrected chi connectivity index (χ1v) is 9.66. The Hall–Kier alpha value is -0.300. The van der Waals surface area contributed by atoms with Gasteiger partial charge in [-0.15, -0.1) is 11.8 Å². The number of fused-ring (bicyclic) bond motifs is 1. The van der Waals surface area contributed by atoms with Crippen LogP contribution in [0.15, 0.2) is 0 Å². The van der Waals surface area contributed by atoms with E-state index in [1.165, 1.54) is 32.1 Å². The summed E-state index contributed by atoms with van der Waals surface area (Å²) in [6, 6.07) is 0.664. The van der Waals surface area contributed by atoms with Crippen LogP contribution in [0.4, 0.5) is 0 Å². The lowest BCUT2D eigenvalue weighted by atomic mass is 9.92. The zero-order valence-corrected chi connectivity index (χ0v) is 14.2. The molecule has 3 fully saturated rings. The van der Waals surface area contributed by atoms with Gasteiger partial charge in [-0.1, -0.05) is 25.7 Å². The van der Waals surface area contributed by atoms with Crippen LogP contribution >= 0.6 is 11.8 Å². The summed E-state index contributed by atoms with van der Waals surface area (Å²) in [5.41, 5.74) is -0.0246. The van der Waals surface area contributed by atoms with Crippen molar-refractivity contribution in [3.05, 3.63) is 0 Å². The third-order valence-electron chi connectivity index (χ3n) is 5.07. The van der Waals surface area contributed by atoms with Gasteiger partial charge in [0.1, 0.15) is 0 Å². The Morgan fingerprint density at radius 1 is 1.23 bits per heavy atom. The second-order valence-electron chi connectivity index (χ2n) is 6.61. The van der Waals surface area contributed by atoms with Crippen LogP contribution in [-0.4, -0.2) is 48.6 Å². The number of hydrogen-bond donors (Lipinski definition) is 2. The SMILES string of the molecule is COC1CCCCC1NC(=O)CSC1NC2CCCCC2O1. The van der Waals surface area contributed by atoms with Crippen molar-refractivity contribution in [2.45, 2.75) is 81.2 Å². The van der Waals surface area contributed by atoms with Crippen molar-refractivity contribution < 1.29 is 14.3 Å². The van der Waals surface area contributed by atoms with Gasteiger partial charge in [-0.25, -0.2) is 0 Å². The number of nitrogens with one attached hydrogen (secondary N) is 2. The van der Waals surface area contributed by atoms with Crippen molar-refractivity contribution in [3.63, 3.8) is 0 Å². The van der Waals surface area contributed by atoms with Crippen molar-refractivity contribution in [3.8, 4) is 0 Å². The highest BCUT2D eigenvalue weighted by Gasteiger charge is 2.36. The largest absolute Gasteiger partial charge is 0.379 e. The van der Waals surface area contributed by atoms with Crippen molar-refractivity contribution >= 4 is 17.7 Å². The molecule has 2 N–H and O–H groups in total. The summed E-state index contributed by atoms with van der Waals surface area (Å²) in [5.74, 6) is 0.545. The van der Waals surface area contributed by atoms with Crippen LogP contribution in [0, 0.1) is 0 Å². The van der Waals surface area contributed by atoms with E-state index in [1.54, 1.807) is 18.9 Å². The first-order chi connectivity index (χ1) is 10.8. The van der Waals surface area contributed by atoms with E-state index in [1.807, 2.05) is 0 Å². The Labute approximate surface area is 137 Å². The molecule has 126 valence electrons. The fourth-order valence-electron chi connectivity index (χ4n) is 3.85. The lowest BCUT2D eigenvalue weighted by Gasteiger charge is -2.31. The van der Waals surface area contributed by atoms with E-state index < -0.39 is 0 Å². The minimum Gasteiger partial charge on any atom is -0.379 e. The van der Waals surface area contributed by atoms with Gasteiger partial charge in [0.15, 0.2) is 5.56 Å². The van der Waals surface area contributed by atoms with E-state index in [4.69, 9.17) is 9.47 Å². The first kappa shape index (κ1) is 16.6. The molecule has 1 aliphatic heterocycles. The van der Waals surface area contributed by atoms with Crippen LogP contribution in [0.3, 0.4) is 0 Å². The maximum Gasteiger partial charge on any atom is 0.230 e. The highest BCUT2D eigenvalue weighted by molar-refractivity contribution is 8.00. The molecule has 1 saturated heterocycles. The van der Waals surface area contributed by atoms with Gasteiger partial charge in [-0.05, 0) is 25.7 Å². The number of amides is 1. The minimum absolute atomic E-state index is 0.0246. The molecule has 3 aliphatic rings. The van der Waals surface area contributed by atoms with E-state index >= 15 is 0 Å². The van der Waals surface area contributed by atoms with E-state index in [9.17, 15) is 4.79 Å². The molecule has 5 unspecified atom stereocenters. The Morgan fingerprint density at radius 2 is 2.00 bits per heavy atom. The van der Waals surface area contributed by atoms with Crippen LogP contribution in [0.2, 0.25) is 0 Å². The average molecular weight is 328 g/mol. The predicted molar refractivity (Wildman–Crippen MR) is 87.7 cm³/mol. The van der Waals surface area contributed by atoms with Gasteiger partial charge in [0.05, 0.1) is 24.0 Å². The Bertz CT molecular complexity index is 368. The van der Waals surface area contributed by atoms with Crippen molar-refractivity contribution in [1.29, 1.82) is 0 Å². The fraction of sp³-hybridized carbons (Fsp3) is 0.938. The maximum atomic E-state index is 12.2. The molecule has 1 heterocycles. The number of rotatable bonds is 5. The van der Waals surface area contributed by atoms with Gasteiger partial charge in [-0.3, -0.25) is 10.1 Å². The zero-order chi connectivity index (χ0) is 15.4. The molecule has 3 rings (SSSR count). The molecule has 2 saturated carbocycles. The van der Waals surface area contributed by atoms with E-state index in [0.29, 0.717) is 17.9 Å². The molecule has 0 spiro atoms. The summed E-state index contributed by atoms with van der Waals surface area (Å²) in [6.45, 7) is 0. The molecule has 0 aromatic rings. The van der Waals surface area contributed by atoms with E-state index in [0.717, 1.165) is 19.3 Å². The Morgan fingerprint density at radius 3 is 2.82 bits per heavy atom. The summed E-state index contributed by atoms with van der Waals surface area (Å²) in [7, 11) is 1.74. The number of hydrogen-bond acceptors (Lipinski definition) is 5. The summed E-state index contributed by atoms with van der Waals surface area (Å²) < 4.78 is 11.5. The molecular weight excluding hydrogens is 300 g/mol. The molecule has 0 bridgehead atoms. The van der Waals surface area contributed by atoms with Crippen LogP contribution in [0.5, 0.6) is 0 Å². The molecule has 1 amide bonds. The summed E-state index contributed by atoms with van der Waals surface area (Å²) in [6.07, 6.45) is 9.87. The summed E-state index contributed by atoms with van der Waals surface area (Å²) in [4.78, 5) is 12.2. The van der Waals surface area contributed by atoms with E-state index in [-0.39, 0.29) is 23.6 Å². The van der Waals surface area contributed by atoms with Crippen molar-refractivity contribution in [2.24, 2.45) is 0 Å². The fourth-order valence-corrected chi connectivity index (χ4v) is 4.73. The van der Waals surface area contributed by atoms with Crippen molar-refractivity contribution in [2.75, 3.05) is 12.9 Å². The standard InChI is InChI=1S/C16H28N2O3S/c1-20-13-8-4-2-6-11(13)17-15(19)10-22-16-18-12-7-3-5-9-14(12)21-16/h11-14,16,18H,2-10H2,1H3,(H,17,19). The zero-order valence-electron chi connectivity index (χ0n) is 13.4. The van der Waals surface area contributed by atoms with Gasteiger partial charge < -0.3 is 14.8 Å². The quantitative estimate of drug-likeness (QED) is 0.808. The molecule has 6 heteroatoms. The monoisotopic (exact) mass is 328 g/mol. The normalized spacial score (nSPS) is 38.5. The molecule has 0 aromatic carbocycles. The summed E-state index contributed by atoms with van der Waals surface area (Å²) >= 11 is 1.57. The lowest BCUT2D eigenvalue weighted by Crippen LogP contribution is -2.46. The van der Waals surface area contributed by atoms with Crippen LogP contribution in [0.1, 0.15) is 51.4 Å². The highest BCUT2D eigenvalue weighted by atomic mass is 32.2. The molecule has 5 atom stereocenters. The van der Waals surface area contributed by atoms with E-state index in [2.05, 4.69) is 10.6 Å². The lowest BCUT2D eigenvalue weighted by molar-refractivity contribution is -0.120. The molecule has 22 heavy (non-hydrogen) atoms. The first-order valence-electron chi connectivity index (χ1n) is 8.61. The second-order valence-corrected chi connectivity index (χ2v) is 7.66. The van der Waals surface area contributed by atoms with Gasteiger partial charge in [0, 0.05) is 13.2 Å². The number of carbonyl (C=O) groups is 1. The third-order valence-corrected chi connectivity index (χ3v) is 6.05. The molecule has 2 aliphatic carbocycles. The topological polar surface area (TPSA) is 59.6 Å². The number of thioether (sulfide) groups is 1. The highest BCUT2D eigenvalue weighted by Crippen LogP contribution is 2.30. The number of methoxy groups -OCH3 is 1. The maximum absolute atomic E-state index is 12.2. The van der Waals surface area contributed by atoms with Crippen LogP contribution in [-0.2, 0) is 14.3 Å². The average Bonchev–Trinajstić information content (AvgIpc) is 2.96. The summed E-state index contributed by atoms with van der Waals surface area (Å²) in [5, 5.41) is 6.65. The molecule has 0 radical (unpaired) electrons. The second kappa shape index (κ2) is 7.99. The van der Waals surface area contributed by atoms with Crippen LogP contribution in [0.25, 0.3) is 0 Å². The van der Waals surface area contributed by atoms with Gasteiger partial charge >= 0.3 is 0 Å². The molecule has 5 nitrogen and oxygen atoms in total. The minimum atomic E-state index is -0.0246. The van der Waals surface area contributed by atoms with Crippen molar-refractivity contribution in [1.82, 2.24) is 10.6 Å². The predicted octanol–water partition coefficient (Wildman–Crippen LogP) is 2.01. The van der Waals surface area contributed by atoms with Gasteiger partial charge in [0.25, 0.3) is 0 Å². The van der Waals surface area contributed by atoms with Gasteiger partial charge in [-0.2, -0.15) is 0 Å².